The van der Waals surface area contributed by atoms with Gasteiger partial charge in [-0.25, -0.2) is 0 Å². The first-order chi connectivity index (χ1) is 9.17. The summed E-state index contributed by atoms with van der Waals surface area (Å²) in [5, 5.41) is 0. The van der Waals surface area contributed by atoms with Crippen LogP contribution >= 0.6 is 0 Å². The monoisotopic (exact) mass is 272 g/mol. The Balaban J connectivity index is 0.00000200. The van der Waals surface area contributed by atoms with E-state index in [1.165, 1.54) is 6.92 Å². The summed E-state index contributed by atoms with van der Waals surface area (Å²) in [4.78, 5) is 11.5. The second-order valence-corrected chi connectivity index (χ2v) is 4.17. The van der Waals surface area contributed by atoms with Gasteiger partial charge in [-0.05, 0) is 30.7 Å². The summed E-state index contributed by atoms with van der Waals surface area (Å²) in [7, 11) is 3.20. The third-order valence-corrected chi connectivity index (χ3v) is 3.00. The minimum absolute atomic E-state index is 0. The van der Waals surface area contributed by atoms with Gasteiger partial charge in [-0.15, -0.1) is 0 Å². The van der Waals surface area contributed by atoms with Crippen LogP contribution in [0.1, 0.15) is 24.7 Å². The van der Waals surface area contributed by atoms with E-state index in [1.807, 2.05) is 36.4 Å². The molecule has 0 fully saturated rings. The summed E-state index contributed by atoms with van der Waals surface area (Å²) < 4.78 is 10.6. The molecule has 2 rings (SSSR count). The first-order valence-electron chi connectivity index (χ1n) is 5.99. The van der Waals surface area contributed by atoms with Crippen molar-refractivity contribution >= 4 is 5.78 Å². The predicted molar refractivity (Wildman–Crippen MR) is 81.7 cm³/mol. The smallest absolute Gasteiger partial charge is 0.163 e. The highest BCUT2D eigenvalue weighted by Gasteiger charge is 2.11. The van der Waals surface area contributed by atoms with E-state index in [-0.39, 0.29) is 13.2 Å². The maximum absolute atomic E-state index is 11.5. The molecule has 106 valence electrons. The minimum Gasteiger partial charge on any atom is -0.496 e. The molecule has 2 aromatic carbocycles. The van der Waals surface area contributed by atoms with Gasteiger partial charge in [-0.1, -0.05) is 31.7 Å². The van der Waals surface area contributed by atoms with Crippen LogP contribution in [0.5, 0.6) is 11.5 Å². The van der Waals surface area contributed by atoms with Crippen LogP contribution in [-0.2, 0) is 0 Å². The number of methoxy groups -OCH3 is 2. The molecular formula is C17H20O3. The Kier molecular flexibility index (Phi) is 5.32. The Morgan fingerprint density at radius 1 is 0.950 bits per heavy atom. The van der Waals surface area contributed by atoms with Gasteiger partial charge in [0.25, 0.3) is 0 Å². The maximum Gasteiger partial charge on any atom is 0.163 e. The van der Waals surface area contributed by atoms with Gasteiger partial charge in [-0.3, -0.25) is 4.79 Å². The molecular weight excluding hydrogens is 252 g/mol. The van der Waals surface area contributed by atoms with Crippen LogP contribution in [0.25, 0.3) is 11.1 Å². The van der Waals surface area contributed by atoms with E-state index in [9.17, 15) is 4.79 Å². The molecule has 0 aliphatic rings. The van der Waals surface area contributed by atoms with Crippen molar-refractivity contribution in [1.82, 2.24) is 0 Å². The number of para-hydroxylation sites is 1. The van der Waals surface area contributed by atoms with Gasteiger partial charge in [0.15, 0.2) is 5.78 Å². The Labute approximate surface area is 120 Å². The third-order valence-electron chi connectivity index (χ3n) is 3.00. The van der Waals surface area contributed by atoms with E-state index in [4.69, 9.17) is 9.47 Å². The van der Waals surface area contributed by atoms with Crippen molar-refractivity contribution in [1.29, 1.82) is 0 Å². The molecule has 20 heavy (non-hydrogen) atoms. The lowest BCUT2D eigenvalue weighted by Gasteiger charge is -2.11. The second-order valence-electron chi connectivity index (χ2n) is 4.17. The highest BCUT2D eigenvalue weighted by Crippen LogP contribution is 2.33. The van der Waals surface area contributed by atoms with E-state index >= 15 is 0 Å². The Morgan fingerprint density at radius 2 is 1.60 bits per heavy atom. The van der Waals surface area contributed by atoms with E-state index in [1.54, 1.807) is 20.3 Å². The molecule has 2 aromatic rings. The number of ether oxygens (including phenoxy) is 2. The molecule has 0 aliphatic heterocycles. The van der Waals surface area contributed by atoms with Gasteiger partial charge in [-0.2, -0.15) is 0 Å². The largest absolute Gasteiger partial charge is 0.496 e. The molecule has 0 unspecified atom stereocenters. The number of hydrogen-bond donors (Lipinski definition) is 0. The maximum atomic E-state index is 11.5. The molecule has 0 saturated heterocycles. The SMILES string of the molecule is C.COc1cc(-c2ccccc2OC)ccc1C(C)=O. The van der Waals surface area contributed by atoms with Gasteiger partial charge in [0.2, 0.25) is 0 Å². The average molecular weight is 272 g/mol. The van der Waals surface area contributed by atoms with Crippen molar-refractivity contribution in [3.63, 3.8) is 0 Å². The quantitative estimate of drug-likeness (QED) is 0.782. The molecule has 0 atom stereocenters. The topological polar surface area (TPSA) is 35.5 Å². The van der Waals surface area contributed by atoms with Gasteiger partial charge in [0.1, 0.15) is 11.5 Å². The highest BCUT2D eigenvalue weighted by atomic mass is 16.5. The molecule has 0 aliphatic carbocycles. The fraction of sp³-hybridized carbons (Fsp3) is 0.235. The number of ketones is 1. The second kappa shape index (κ2) is 6.75. The number of carbonyl (C=O) groups excluding carboxylic acids is 1. The van der Waals surface area contributed by atoms with Crippen molar-refractivity contribution in [2.45, 2.75) is 14.4 Å². The van der Waals surface area contributed by atoms with Crippen LogP contribution in [0, 0.1) is 0 Å². The standard InChI is InChI=1S/C16H16O3.CH4/c1-11(17)13-9-8-12(10-16(13)19-3)14-6-4-5-7-15(14)18-2;/h4-10H,1-3H3;1H4. The summed E-state index contributed by atoms with van der Waals surface area (Å²) in [5.41, 5.74) is 2.51. The molecule has 0 bridgehead atoms. The number of carbonyl (C=O) groups is 1. The predicted octanol–water partition coefficient (Wildman–Crippen LogP) is 4.21. The molecule has 0 N–H and O–H groups in total. The van der Waals surface area contributed by atoms with Crippen molar-refractivity contribution in [3.8, 4) is 22.6 Å². The number of benzene rings is 2. The zero-order valence-corrected chi connectivity index (χ0v) is 11.3. The lowest BCUT2D eigenvalue weighted by Crippen LogP contribution is -1.98. The summed E-state index contributed by atoms with van der Waals surface area (Å²) in [6, 6.07) is 13.3. The van der Waals surface area contributed by atoms with Crippen LogP contribution in [-0.4, -0.2) is 20.0 Å². The highest BCUT2D eigenvalue weighted by molar-refractivity contribution is 5.97. The molecule has 0 saturated carbocycles. The van der Waals surface area contributed by atoms with E-state index in [0.29, 0.717) is 11.3 Å². The number of Topliss-reactive ketones (excluding diaryl/α,β-unsaturated/α-hetero) is 1. The van der Waals surface area contributed by atoms with Crippen molar-refractivity contribution in [2.75, 3.05) is 14.2 Å². The van der Waals surface area contributed by atoms with Crippen molar-refractivity contribution < 1.29 is 14.3 Å². The van der Waals surface area contributed by atoms with E-state index in [0.717, 1.165) is 16.9 Å². The summed E-state index contributed by atoms with van der Waals surface area (Å²) >= 11 is 0. The zero-order valence-electron chi connectivity index (χ0n) is 11.3. The fourth-order valence-electron chi connectivity index (χ4n) is 2.03. The first-order valence-corrected chi connectivity index (χ1v) is 5.99. The Bertz CT molecular complexity index is 603. The van der Waals surface area contributed by atoms with Crippen LogP contribution in [0.15, 0.2) is 42.5 Å². The van der Waals surface area contributed by atoms with Gasteiger partial charge in [0, 0.05) is 5.56 Å². The summed E-state index contributed by atoms with van der Waals surface area (Å²) in [6.45, 7) is 1.53. The molecule has 0 heterocycles. The van der Waals surface area contributed by atoms with E-state index in [2.05, 4.69) is 0 Å². The van der Waals surface area contributed by atoms with Crippen LogP contribution in [0.4, 0.5) is 0 Å². The summed E-state index contributed by atoms with van der Waals surface area (Å²) in [6.07, 6.45) is 0. The van der Waals surface area contributed by atoms with Crippen LogP contribution in [0.2, 0.25) is 0 Å². The van der Waals surface area contributed by atoms with Crippen LogP contribution in [0.3, 0.4) is 0 Å². The fourth-order valence-corrected chi connectivity index (χ4v) is 2.03. The third kappa shape index (κ3) is 2.99. The molecule has 3 nitrogen and oxygen atoms in total. The normalized spacial score (nSPS) is 9.55. The lowest BCUT2D eigenvalue weighted by molar-refractivity contribution is 0.101. The van der Waals surface area contributed by atoms with Crippen LogP contribution < -0.4 is 9.47 Å². The molecule has 3 heteroatoms. The van der Waals surface area contributed by atoms with Crippen molar-refractivity contribution in [2.24, 2.45) is 0 Å². The zero-order chi connectivity index (χ0) is 13.8. The van der Waals surface area contributed by atoms with Gasteiger partial charge in [0.05, 0.1) is 19.8 Å². The molecule has 0 amide bonds. The van der Waals surface area contributed by atoms with E-state index < -0.39 is 0 Å². The molecule has 0 aromatic heterocycles. The van der Waals surface area contributed by atoms with Gasteiger partial charge < -0.3 is 9.47 Å². The average Bonchev–Trinajstić information content (AvgIpc) is 2.46. The number of hydrogen-bond acceptors (Lipinski definition) is 3. The van der Waals surface area contributed by atoms with Gasteiger partial charge >= 0.3 is 0 Å². The Hall–Kier alpha value is -2.29. The molecule has 0 spiro atoms. The minimum atomic E-state index is -0.0107. The first kappa shape index (κ1) is 15.8. The lowest BCUT2D eigenvalue weighted by atomic mass is 10.0. The molecule has 0 radical (unpaired) electrons. The summed E-state index contributed by atoms with van der Waals surface area (Å²) in [5.74, 6) is 1.36. The van der Waals surface area contributed by atoms with Crippen molar-refractivity contribution in [3.05, 3.63) is 48.0 Å². The number of rotatable bonds is 4. The Morgan fingerprint density at radius 3 is 2.20 bits per heavy atom.